The van der Waals surface area contributed by atoms with Crippen LogP contribution in [0.15, 0.2) is 114 Å². The molecule has 0 bridgehead atoms. The Morgan fingerprint density at radius 3 is 1.49 bits per heavy atom. The lowest BCUT2D eigenvalue weighted by atomic mass is 9.59. The number of rotatable bonds is 3. The SMILES string of the molecule is Bc1c(B)c(B)c2c(-c3cccc4ccccc34)c3c(B)c(B)c(B)c(B)c3c(-c3cccc(-c4ccc5oc6ccccc6c5c4)c3)c2c1B. The minimum atomic E-state index is 0.922. The molecule has 0 N–H and O–H groups in total. The monoisotopic (exact) mass is 642 g/mol. The molecule has 0 radical (unpaired) electrons. The third-order valence-electron chi connectivity index (χ3n) is 12.3. The van der Waals surface area contributed by atoms with E-state index in [0.29, 0.717) is 0 Å². The molecule has 9 heteroatoms. The lowest BCUT2D eigenvalue weighted by Gasteiger charge is -2.28. The molecule has 0 aliphatic rings. The molecule has 0 aliphatic heterocycles. The van der Waals surface area contributed by atoms with Crippen LogP contribution in [0.1, 0.15) is 0 Å². The van der Waals surface area contributed by atoms with Gasteiger partial charge in [0.25, 0.3) is 0 Å². The van der Waals surface area contributed by atoms with Crippen molar-refractivity contribution in [3.63, 3.8) is 0 Å². The van der Waals surface area contributed by atoms with E-state index in [1.807, 2.05) is 6.07 Å². The number of benzene rings is 8. The highest BCUT2D eigenvalue weighted by molar-refractivity contribution is 6.71. The van der Waals surface area contributed by atoms with E-state index in [4.69, 9.17) is 4.42 Å². The summed E-state index contributed by atoms with van der Waals surface area (Å²) in [6, 6.07) is 39.9. The summed E-state index contributed by atoms with van der Waals surface area (Å²) in [6.45, 7) is 0. The molecule has 1 aromatic heterocycles. The van der Waals surface area contributed by atoms with Crippen molar-refractivity contribution in [3.8, 4) is 33.4 Å². The van der Waals surface area contributed by atoms with Gasteiger partial charge in [0, 0.05) is 10.8 Å². The highest BCUT2D eigenvalue weighted by atomic mass is 16.3. The highest BCUT2D eigenvalue weighted by Gasteiger charge is 2.26. The zero-order valence-electron chi connectivity index (χ0n) is 30.8. The molecule has 232 valence electrons. The van der Waals surface area contributed by atoms with Gasteiger partial charge in [-0.3, -0.25) is 0 Å². The summed E-state index contributed by atoms with van der Waals surface area (Å²) in [5.74, 6) is 0. The van der Waals surface area contributed by atoms with Crippen LogP contribution in [-0.4, -0.2) is 62.8 Å². The topological polar surface area (TPSA) is 13.1 Å². The highest BCUT2D eigenvalue weighted by Crippen LogP contribution is 2.43. The molecular weight excluding hydrogens is 607 g/mol. The summed E-state index contributed by atoms with van der Waals surface area (Å²) < 4.78 is 6.20. The molecule has 0 aliphatic carbocycles. The predicted octanol–water partition coefficient (Wildman–Crippen LogP) is -1.89. The maximum Gasteiger partial charge on any atom is 0.139 e. The van der Waals surface area contributed by atoms with Crippen molar-refractivity contribution in [1.29, 1.82) is 0 Å². The third kappa shape index (κ3) is 4.60. The molecule has 0 spiro atoms. The van der Waals surface area contributed by atoms with Gasteiger partial charge in [-0.1, -0.05) is 107 Å². The second-order valence-corrected chi connectivity index (χ2v) is 14.7. The van der Waals surface area contributed by atoms with Crippen LogP contribution in [0, 0.1) is 0 Å². The van der Waals surface area contributed by atoms with E-state index in [-0.39, 0.29) is 0 Å². The van der Waals surface area contributed by atoms with Gasteiger partial charge in [0.2, 0.25) is 0 Å². The Kier molecular flexibility index (Phi) is 7.30. The van der Waals surface area contributed by atoms with Gasteiger partial charge in [0.1, 0.15) is 73.9 Å². The van der Waals surface area contributed by atoms with Gasteiger partial charge in [-0.25, -0.2) is 0 Å². The summed E-state index contributed by atoms with van der Waals surface area (Å²) >= 11 is 0. The van der Waals surface area contributed by atoms with E-state index in [0.717, 1.165) is 21.9 Å². The first-order valence-corrected chi connectivity index (χ1v) is 18.1. The second kappa shape index (κ2) is 11.7. The van der Waals surface area contributed by atoms with Gasteiger partial charge in [-0.15, -0.1) is 21.9 Å². The van der Waals surface area contributed by atoms with E-state index in [1.165, 1.54) is 109 Å². The predicted molar refractivity (Wildman–Crippen MR) is 248 cm³/mol. The molecule has 9 aromatic rings. The summed E-state index contributed by atoms with van der Waals surface area (Å²) in [7, 11) is 18.6. The smallest absolute Gasteiger partial charge is 0.139 e. The maximum absolute atomic E-state index is 6.20. The fourth-order valence-electron chi connectivity index (χ4n) is 8.89. The fourth-order valence-corrected chi connectivity index (χ4v) is 8.89. The van der Waals surface area contributed by atoms with Gasteiger partial charge < -0.3 is 4.42 Å². The van der Waals surface area contributed by atoms with E-state index in [9.17, 15) is 0 Å². The molecule has 8 aromatic carbocycles. The van der Waals surface area contributed by atoms with Crippen LogP contribution in [0.25, 0.3) is 87.6 Å². The first kappa shape index (κ1) is 31.8. The molecular formula is C42H34B8O. The summed E-state index contributed by atoms with van der Waals surface area (Å²) in [4.78, 5) is 0. The van der Waals surface area contributed by atoms with E-state index >= 15 is 0 Å². The third-order valence-corrected chi connectivity index (χ3v) is 12.3. The molecule has 0 unspecified atom stereocenters. The standard InChI is InChI=1S/C42H34B8O/c43-35-31-29(22-10-5-9-20(17-22)21-15-16-28-26(18-21)24-12-3-4-14-27(24)51-28)32-34(38(46)42(50)40(48)36(32)44)30(33(31)37(45)41(49)39(35)47)25-13-6-8-19-7-1-2-11-23(19)25/h1-18H,43-50H2. The minimum absolute atomic E-state index is 0.922. The fraction of sp³-hybridized carbons (Fsp3) is 0. The van der Waals surface area contributed by atoms with Crippen molar-refractivity contribution in [1.82, 2.24) is 0 Å². The van der Waals surface area contributed by atoms with Gasteiger partial charge in [-0.2, -0.15) is 0 Å². The molecule has 51 heavy (non-hydrogen) atoms. The van der Waals surface area contributed by atoms with E-state index in [1.54, 1.807) is 0 Å². The van der Waals surface area contributed by atoms with Crippen molar-refractivity contribution in [2.45, 2.75) is 0 Å². The van der Waals surface area contributed by atoms with Gasteiger partial charge in [-0.05, 0) is 90.0 Å². The Balaban J connectivity index is 1.46. The van der Waals surface area contributed by atoms with Crippen molar-refractivity contribution < 1.29 is 4.42 Å². The molecule has 0 amide bonds. The lowest BCUT2D eigenvalue weighted by molar-refractivity contribution is 0.669. The quantitative estimate of drug-likeness (QED) is 0.163. The van der Waals surface area contributed by atoms with Gasteiger partial charge >= 0.3 is 0 Å². The lowest BCUT2D eigenvalue weighted by Crippen LogP contribution is -2.50. The Morgan fingerprint density at radius 2 is 0.824 bits per heavy atom. The van der Waals surface area contributed by atoms with Crippen molar-refractivity contribution >= 4 is 161 Å². The summed E-state index contributed by atoms with van der Waals surface area (Å²) in [5.41, 5.74) is 20.4. The van der Waals surface area contributed by atoms with Crippen molar-refractivity contribution in [3.05, 3.63) is 109 Å². The van der Waals surface area contributed by atoms with Crippen LogP contribution in [0.3, 0.4) is 0 Å². The summed E-state index contributed by atoms with van der Waals surface area (Å²) in [5, 5.41) is 10.3. The largest absolute Gasteiger partial charge is 0.456 e. The Labute approximate surface area is 306 Å². The number of para-hydroxylation sites is 1. The Hall–Kier alpha value is -5.14. The number of furan rings is 1. The Bertz CT molecular complexity index is 2880. The van der Waals surface area contributed by atoms with Crippen LogP contribution in [0.4, 0.5) is 0 Å². The number of hydrogen-bond acceptors (Lipinski definition) is 1. The molecule has 0 atom stereocenters. The summed E-state index contributed by atoms with van der Waals surface area (Å²) in [6.07, 6.45) is 0. The van der Waals surface area contributed by atoms with Gasteiger partial charge in [0.15, 0.2) is 0 Å². The minimum Gasteiger partial charge on any atom is -0.456 e. The molecule has 0 saturated carbocycles. The van der Waals surface area contributed by atoms with Crippen molar-refractivity contribution in [2.75, 3.05) is 0 Å². The Morgan fingerprint density at radius 1 is 0.333 bits per heavy atom. The van der Waals surface area contributed by atoms with Crippen LogP contribution in [0.5, 0.6) is 0 Å². The average Bonchev–Trinajstić information content (AvgIpc) is 3.54. The first-order chi connectivity index (χ1) is 24.7. The van der Waals surface area contributed by atoms with Crippen molar-refractivity contribution in [2.24, 2.45) is 0 Å². The normalized spacial score (nSPS) is 11.8. The average molecular weight is 641 g/mol. The van der Waals surface area contributed by atoms with Crippen LogP contribution in [-0.2, 0) is 0 Å². The second-order valence-electron chi connectivity index (χ2n) is 14.7. The van der Waals surface area contributed by atoms with E-state index < -0.39 is 0 Å². The van der Waals surface area contributed by atoms with Gasteiger partial charge in [0.05, 0.1) is 0 Å². The first-order valence-electron chi connectivity index (χ1n) is 18.1. The van der Waals surface area contributed by atoms with Crippen LogP contribution in [0.2, 0.25) is 0 Å². The van der Waals surface area contributed by atoms with E-state index in [2.05, 4.69) is 166 Å². The molecule has 1 heterocycles. The molecule has 0 saturated heterocycles. The zero-order valence-corrected chi connectivity index (χ0v) is 30.8. The van der Waals surface area contributed by atoms with Crippen LogP contribution >= 0.6 is 0 Å². The number of hydrogen-bond donors (Lipinski definition) is 0. The molecule has 9 rings (SSSR count). The van der Waals surface area contributed by atoms with Crippen LogP contribution < -0.4 is 43.7 Å². The maximum atomic E-state index is 6.20. The number of fused-ring (bicyclic) bond motifs is 6. The molecule has 0 fully saturated rings. The zero-order chi connectivity index (χ0) is 35.3. The molecule has 1 nitrogen and oxygen atoms in total.